The molecule has 18 heavy (non-hydrogen) atoms. The van der Waals surface area contributed by atoms with E-state index in [1.165, 1.54) is 5.56 Å². The number of aromatic nitrogens is 1. The van der Waals surface area contributed by atoms with Gasteiger partial charge in [0.05, 0.1) is 5.92 Å². The maximum atomic E-state index is 11.0. The fourth-order valence-corrected chi connectivity index (χ4v) is 2.68. The van der Waals surface area contributed by atoms with Crippen molar-refractivity contribution in [3.05, 3.63) is 30.1 Å². The third kappa shape index (κ3) is 3.53. The van der Waals surface area contributed by atoms with E-state index in [-0.39, 0.29) is 5.92 Å². The number of rotatable bonds is 6. The molecule has 0 spiro atoms. The molecule has 1 aliphatic rings. The van der Waals surface area contributed by atoms with Gasteiger partial charge in [0.25, 0.3) is 0 Å². The molecular weight excluding hydrogens is 228 g/mol. The van der Waals surface area contributed by atoms with Gasteiger partial charge in [0.1, 0.15) is 0 Å². The summed E-state index contributed by atoms with van der Waals surface area (Å²) < 4.78 is 0. The smallest absolute Gasteiger partial charge is 0.306 e. The number of carboxylic acid groups (broad SMARTS) is 1. The normalized spacial score (nSPS) is 23.1. The van der Waals surface area contributed by atoms with Gasteiger partial charge >= 0.3 is 5.97 Å². The maximum Gasteiger partial charge on any atom is 0.306 e. The molecule has 1 heterocycles. The largest absolute Gasteiger partial charge is 0.481 e. The van der Waals surface area contributed by atoms with Crippen LogP contribution in [0.15, 0.2) is 24.5 Å². The quantitative estimate of drug-likeness (QED) is 0.752. The highest BCUT2D eigenvalue weighted by atomic mass is 16.4. The predicted octanol–water partition coefficient (Wildman–Crippen LogP) is 1.71. The summed E-state index contributed by atoms with van der Waals surface area (Å²) in [5, 5.41) is 12.5. The van der Waals surface area contributed by atoms with E-state index in [0.29, 0.717) is 5.92 Å². The van der Waals surface area contributed by atoms with Gasteiger partial charge in [0.15, 0.2) is 0 Å². The topological polar surface area (TPSA) is 62.2 Å². The van der Waals surface area contributed by atoms with Crippen LogP contribution in [0.4, 0.5) is 0 Å². The Morgan fingerprint density at radius 3 is 2.89 bits per heavy atom. The summed E-state index contributed by atoms with van der Waals surface area (Å²) in [6, 6.07) is 4.02. The van der Waals surface area contributed by atoms with Gasteiger partial charge in [-0.2, -0.15) is 0 Å². The minimum absolute atomic E-state index is 0.140. The summed E-state index contributed by atoms with van der Waals surface area (Å²) >= 11 is 0. The van der Waals surface area contributed by atoms with E-state index < -0.39 is 5.97 Å². The maximum absolute atomic E-state index is 11.0. The standard InChI is InChI=1S/C14H20N2O2/c17-14(18)13-3-1-2-12(13)10-16-9-6-11-4-7-15-8-5-11/h4-5,7-8,12-13,16H,1-3,6,9-10H2,(H,17,18). The minimum Gasteiger partial charge on any atom is -0.481 e. The van der Waals surface area contributed by atoms with Crippen molar-refractivity contribution in [2.75, 3.05) is 13.1 Å². The number of hydrogen-bond acceptors (Lipinski definition) is 3. The highest BCUT2D eigenvalue weighted by Crippen LogP contribution is 2.31. The summed E-state index contributed by atoms with van der Waals surface area (Å²) in [6.45, 7) is 1.72. The Labute approximate surface area is 107 Å². The zero-order valence-corrected chi connectivity index (χ0v) is 10.5. The van der Waals surface area contributed by atoms with Crippen molar-refractivity contribution >= 4 is 5.97 Å². The first-order chi connectivity index (χ1) is 8.77. The molecule has 1 aromatic heterocycles. The molecule has 0 amide bonds. The van der Waals surface area contributed by atoms with Crippen LogP contribution in [0.1, 0.15) is 24.8 Å². The van der Waals surface area contributed by atoms with Crippen LogP contribution in [0, 0.1) is 11.8 Å². The highest BCUT2D eigenvalue weighted by molar-refractivity contribution is 5.70. The van der Waals surface area contributed by atoms with E-state index in [9.17, 15) is 4.79 Å². The molecule has 0 radical (unpaired) electrons. The Hall–Kier alpha value is -1.42. The van der Waals surface area contributed by atoms with Gasteiger partial charge in [-0.25, -0.2) is 0 Å². The summed E-state index contributed by atoms with van der Waals surface area (Å²) in [7, 11) is 0. The molecule has 0 aromatic carbocycles. The molecule has 2 rings (SSSR count). The molecule has 4 nitrogen and oxygen atoms in total. The van der Waals surface area contributed by atoms with Crippen molar-refractivity contribution in [3.63, 3.8) is 0 Å². The van der Waals surface area contributed by atoms with Gasteiger partial charge in [-0.1, -0.05) is 6.42 Å². The average Bonchev–Trinajstić information content (AvgIpc) is 2.84. The second-order valence-corrected chi connectivity index (χ2v) is 4.95. The van der Waals surface area contributed by atoms with Gasteiger partial charge in [-0.05, 0) is 56.0 Å². The molecule has 1 saturated carbocycles. The van der Waals surface area contributed by atoms with Crippen LogP contribution in [-0.4, -0.2) is 29.1 Å². The summed E-state index contributed by atoms with van der Waals surface area (Å²) in [6.07, 6.45) is 7.49. The average molecular weight is 248 g/mol. The third-order valence-electron chi connectivity index (χ3n) is 3.72. The van der Waals surface area contributed by atoms with Crippen LogP contribution >= 0.6 is 0 Å². The van der Waals surface area contributed by atoms with Crippen molar-refractivity contribution in [1.82, 2.24) is 10.3 Å². The van der Waals surface area contributed by atoms with Crippen molar-refractivity contribution in [1.29, 1.82) is 0 Å². The number of pyridine rings is 1. The highest BCUT2D eigenvalue weighted by Gasteiger charge is 2.32. The lowest BCUT2D eigenvalue weighted by Gasteiger charge is -2.16. The monoisotopic (exact) mass is 248 g/mol. The van der Waals surface area contributed by atoms with Crippen LogP contribution in [0.25, 0.3) is 0 Å². The number of hydrogen-bond donors (Lipinski definition) is 2. The summed E-state index contributed by atoms with van der Waals surface area (Å²) in [4.78, 5) is 15.0. The number of nitrogens with zero attached hydrogens (tertiary/aromatic N) is 1. The van der Waals surface area contributed by atoms with Crippen LogP contribution in [-0.2, 0) is 11.2 Å². The van der Waals surface area contributed by atoms with Crippen LogP contribution in [0.5, 0.6) is 0 Å². The van der Waals surface area contributed by atoms with Gasteiger partial charge < -0.3 is 10.4 Å². The van der Waals surface area contributed by atoms with E-state index in [1.807, 2.05) is 12.1 Å². The first-order valence-electron chi connectivity index (χ1n) is 6.60. The van der Waals surface area contributed by atoms with E-state index in [4.69, 9.17) is 5.11 Å². The van der Waals surface area contributed by atoms with Crippen LogP contribution in [0.3, 0.4) is 0 Å². The first-order valence-corrected chi connectivity index (χ1v) is 6.60. The SMILES string of the molecule is O=C(O)C1CCCC1CNCCc1ccncc1. The zero-order valence-electron chi connectivity index (χ0n) is 10.5. The van der Waals surface area contributed by atoms with Crippen molar-refractivity contribution in [3.8, 4) is 0 Å². The number of nitrogens with one attached hydrogen (secondary N) is 1. The summed E-state index contributed by atoms with van der Waals surface area (Å²) in [5.74, 6) is -0.466. The summed E-state index contributed by atoms with van der Waals surface area (Å²) in [5.41, 5.74) is 1.26. The Morgan fingerprint density at radius 2 is 2.17 bits per heavy atom. The number of carbonyl (C=O) groups is 1. The Bertz CT molecular complexity index is 381. The number of aliphatic carboxylic acids is 1. The van der Waals surface area contributed by atoms with E-state index in [1.54, 1.807) is 12.4 Å². The molecule has 0 bridgehead atoms. The Balaban J connectivity index is 1.68. The van der Waals surface area contributed by atoms with Crippen LogP contribution < -0.4 is 5.32 Å². The molecule has 0 aliphatic heterocycles. The lowest BCUT2D eigenvalue weighted by molar-refractivity contribution is -0.142. The minimum atomic E-state index is -0.631. The predicted molar refractivity (Wildman–Crippen MR) is 69.3 cm³/mol. The Morgan fingerprint density at radius 1 is 1.39 bits per heavy atom. The molecule has 1 aliphatic carbocycles. The molecule has 2 atom stereocenters. The second-order valence-electron chi connectivity index (χ2n) is 4.95. The molecular formula is C14H20N2O2. The zero-order chi connectivity index (χ0) is 12.8. The molecule has 1 fully saturated rings. The molecule has 2 unspecified atom stereocenters. The third-order valence-corrected chi connectivity index (χ3v) is 3.72. The lowest BCUT2D eigenvalue weighted by atomic mass is 9.96. The van der Waals surface area contributed by atoms with Crippen molar-refractivity contribution < 1.29 is 9.90 Å². The van der Waals surface area contributed by atoms with E-state index in [0.717, 1.165) is 38.8 Å². The fourth-order valence-electron chi connectivity index (χ4n) is 2.68. The molecule has 4 heteroatoms. The van der Waals surface area contributed by atoms with Gasteiger partial charge in [-0.3, -0.25) is 9.78 Å². The lowest BCUT2D eigenvalue weighted by Crippen LogP contribution is -2.30. The Kier molecular flexibility index (Phi) is 4.70. The van der Waals surface area contributed by atoms with Crippen molar-refractivity contribution in [2.24, 2.45) is 11.8 Å². The van der Waals surface area contributed by atoms with Gasteiger partial charge in [0, 0.05) is 12.4 Å². The molecule has 2 N–H and O–H groups in total. The number of carboxylic acids is 1. The van der Waals surface area contributed by atoms with E-state index in [2.05, 4.69) is 10.3 Å². The van der Waals surface area contributed by atoms with Gasteiger partial charge in [-0.15, -0.1) is 0 Å². The second kappa shape index (κ2) is 6.50. The first kappa shape index (κ1) is 13.0. The van der Waals surface area contributed by atoms with Crippen molar-refractivity contribution in [2.45, 2.75) is 25.7 Å². The molecule has 0 saturated heterocycles. The fraction of sp³-hybridized carbons (Fsp3) is 0.571. The van der Waals surface area contributed by atoms with Crippen LogP contribution in [0.2, 0.25) is 0 Å². The molecule has 1 aromatic rings. The molecule has 98 valence electrons. The van der Waals surface area contributed by atoms with Gasteiger partial charge in [0.2, 0.25) is 0 Å². The van der Waals surface area contributed by atoms with E-state index >= 15 is 0 Å².